The summed E-state index contributed by atoms with van der Waals surface area (Å²) in [4.78, 5) is 56.2. The van der Waals surface area contributed by atoms with E-state index < -0.39 is 57.7 Å². The van der Waals surface area contributed by atoms with Gasteiger partial charge in [-0.1, -0.05) is 47.0 Å². The van der Waals surface area contributed by atoms with Gasteiger partial charge >= 0.3 is 12.1 Å². The number of halogens is 1. The van der Waals surface area contributed by atoms with Gasteiger partial charge in [-0.25, -0.2) is 9.59 Å². The molecular weight excluding hydrogens is 742 g/mol. The van der Waals surface area contributed by atoms with Crippen LogP contribution in [0.25, 0.3) is 0 Å². The molecule has 1 saturated heterocycles. The number of hydrogen-bond donors (Lipinski definition) is 2. The summed E-state index contributed by atoms with van der Waals surface area (Å²) in [6.45, 7) is 5.39. The second-order valence-corrected chi connectivity index (χ2v) is 16.5. The Kier molecular flexibility index (Phi) is 13.4. The highest BCUT2D eigenvalue weighted by Gasteiger charge is 2.62. The van der Waals surface area contributed by atoms with E-state index in [-0.39, 0.29) is 42.4 Å². The molecule has 0 bridgehead atoms. The van der Waals surface area contributed by atoms with Crippen molar-refractivity contribution in [2.45, 2.75) is 125 Å². The SMILES string of the molecule is C=CCCC[C@@H]1CCC[C@H]1OC(=O)N[C@H]1CCCCC/C=C\[C@@H]2C[C@@]2(C(=O)OCC)NC(=O)[C@@H]2C[C@H](OS(=O)(=O)c3ccc(Br)cc3)CN2C1=O. The van der Waals surface area contributed by atoms with E-state index in [0.717, 1.165) is 57.8 Å². The summed E-state index contributed by atoms with van der Waals surface area (Å²) >= 11 is 3.30. The predicted octanol–water partition coefficient (Wildman–Crippen LogP) is 5.70. The number of rotatable bonds is 11. The Labute approximate surface area is 309 Å². The van der Waals surface area contributed by atoms with E-state index in [4.69, 9.17) is 13.7 Å². The Morgan fingerprint density at radius 3 is 2.65 bits per heavy atom. The molecule has 0 spiro atoms. The number of alkyl carbamates (subject to hydrolysis) is 1. The van der Waals surface area contributed by atoms with Gasteiger partial charge in [-0.15, -0.1) is 6.58 Å². The number of esters is 1. The number of ether oxygens (including phenoxy) is 2. The number of amides is 3. The number of carbonyl (C=O) groups excluding carboxylic acids is 4. The van der Waals surface area contributed by atoms with E-state index in [0.29, 0.717) is 23.7 Å². The fourth-order valence-corrected chi connectivity index (χ4v) is 8.88. The monoisotopic (exact) mass is 791 g/mol. The third kappa shape index (κ3) is 9.81. The summed E-state index contributed by atoms with van der Waals surface area (Å²) in [5.41, 5.74) is -1.29. The molecule has 1 aromatic carbocycles. The van der Waals surface area contributed by atoms with Crippen molar-refractivity contribution in [1.29, 1.82) is 0 Å². The summed E-state index contributed by atoms with van der Waals surface area (Å²) in [6, 6.07) is 3.75. The van der Waals surface area contributed by atoms with Gasteiger partial charge in [0, 0.05) is 23.4 Å². The highest BCUT2D eigenvalue weighted by molar-refractivity contribution is 9.10. The standard InChI is InChI=1S/C37H50BrN3O9S/c1-3-5-9-13-25-14-12-17-32(25)49-36(45)39-30-16-11-8-6-7-10-15-26-23-37(26,35(44)48-4-2)40-33(42)31-22-28(24-41(31)34(30)43)50-51(46,47)29-20-18-27(38)19-21-29/h3,10,15,18-21,25-26,28,30-32H,1,4-9,11-14,16-17,22-24H2,2H3,(H,39,45)(H,40,42)/b15-10-/t25-,26-,28+,30+,31+,32-,37-/m1/s1. The lowest BCUT2D eigenvalue weighted by Crippen LogP contribution is -2.56. The van der Waals surface area contributed by atoms with Crippen LogP contribution in [0.3, 0.4) is 0 Å². The molecule has 0 aromatic heterocycles. The normalized spacial score (nSPS) is 30.5. The molecule has 51 heavy (non-hydrogen) atoms. The molecule has 3 amide bonds. The second-order valence-electron chi connectivity index (χ2n) is 14.0. The Morgan fingerprint density at radius 2 is 1.90 bits per heavy atom. The fourth-order valence-electron chi connectivity index (χ4n) is 7.54. The molecule has 0 unspecified atom stereocenters. The molecule has 2 saturated carbocycles. The summed E-state index contributed by atoms with van der Waals surface area (Å²) in [5.74, 6) is -1.76. The topological polar surface area (TPSA) is 157 Å². The maximum atomic E-state index is 14.4. The maximum Gasteiger partial charge on any atom is 0.408 e. The molecule has 0 radical (unpaired) electrons. The summed E-state index contributed by atoms with van der Waals surface area (Å²) < 4.78 is 44.1. The molecule has 2 heterocycles. The van der Waals surface area contributed by atoms with Crippen LogP contribution in [-0.2, 0) is 38.2 Å². The highest BCUT2D eigenvalue weighted by Crippen LogP contribution is 2.46. The average molecular weight is 793 g/mol. The van der Waals surface area contributed by atoms with Gasteiger partial charge in [0.1, 0.15) is 23.7 Å². The predicted molar refractivity (Wildman–Crippen MR) is 193 cm³/mol. The van der Waals surface area contributed by atoms with Crippen molar-refractivity contribution < 1.29 is 41.3 Å². The van der Waals surface area contributed by atoms with Crippen LogP contribution < -0.4 is 10.6 Å². The van der Waals surface area contributed by atoms with Gasteiger partial charge in [0.25, 0.3) is 10.1 Å². The van der Waals surface area contributed by atoms with Gasteiger partial charge in [-0.2, -0.15) is 8.42 Å². The number of benzene rings is 1. The van der Waals surface area contributed by atoms with Gasteiger partial charge in [0.2, 0.25) is 11.8 Å². The minimum Gasteiger partial charge on any atom is -0.464 e. The van der Waals surface area contributed by atoms with Crippen LogP contribution in [-0.4, -0.2) is 80.2 Å². The number of unbranched alkanes of at least 4 members (excludes halogenated alkanes) is 1. The molecule has 1 aromatic rings. The highest BCUT2D eigenvalue weighted by atomic mass is 79.9. The first-order valence-corrected chi connectivity index (χ1v) is 20.4. The Morgan fingerprint density at radius 1 is 1.12 bits per heavy atom. The minimum atomic E-state index is -4.26. The van der Waals surface area contributed by atoms with E-state index in [1.54, 1.807) is 19.1 Å². The first kappa shape index (κ1) is 39.0. The van der Waals surface area contributed by atoms with Crippen molar-refractivity contribution in [3.05, 3.63) is 53.5 Å². The Balaban J connectivity index is 1.38. The number of carbonyl (C=O) groups is 4. The lowest BCUT2D eigenvalue weighted by Gasteiger charge is -2.30. The summed E-state index contributed by atoms with van der Waals surface area (Å²) in [6.07, 6.45) is 12.8. The third-order valence-corrected chi connectivity index (χ3v) is 12.3. The zero-order valence-corrected chi connectivity index (χ0v) is 31.6. The fraction of sp³-hybridized carbons (Fsp3) is 0.622. The number of nitrogens with one attached hydrogen (secondary N) is 2. The average Bonchev–Trinajstić information content (AvgIpc) is 3.36. The molecule has 2 aliphatic carbocycles. The van der Waals surface area contributed by atoms with E-state index in [9.17, 15) is 27.6 Å². The van der Waals surface area contributed by atoms with Gasteiger partial charge in [0.05, 0.1) is 17.6 Å². The molecular formula is C37H50BrN3O9S. The second kappa shape index (κ2) is 17.5. The molecule has 4 aliphatic rings. The van der Waals surface area contributed by atoms with Crippen LogP contribution in [0.4, 0.5) is 4.79 Å². The largest absolute Gasteiger partial charge is 0.464 e. The van der Waals surface area contributed by atoms with Crippen molar-refractivity contribution in [2.24, 2.45) is 11.8 Å². The molecule has 280 valence electrons. The maximum absolute atomic E-state index is 14.4. The third-order valence-electron chi connectivity index (χ3n) is 10.4. The van der Waals surface area contributed by atoms with Crippen LogP contribution >= 0.6 is 15.9 Å². The Bertz CT molecular complexity index is 1570. The lowest BCUT2D eigenvalue weighted by molar-refractivity contribution is -0.150. The van der Waals surface area contributed by atoms with Crippen LogP contribution in [0.2, 0.25) is 0 Å². The van der Waals surface area contributed by atoms with Gasteiger partial charge in [-0.3, -0.25) is 13.8 Å². The van der Waals surface area contributed by atoms with Gasteiger partial charge < -0.3 is 25.0 Å². The van der Waals surface area contributed by atoms with Crippen molar-refractivity contribution in [3.8, 4) is 0 Å². The van der Waals surface area contributed by atoms with Crippen molar-refractivity contribution in [3.63, 3.8) is 0 Å². The first-order chi connectivity index (χ1) is 24.5. The zero-order valence-electron chi connectivity index (χ0n) is 29.2. The van der Waals surface area contributed by atoms with Crippen molar-refractivity contribution in [1.82, 2.24) is 15.5 Å². The first-order valence-electron chi connectivity index (χ1n) is 18.2. The van der Waals surface area contributed by atoms with E-state index in [1.807, 2.05) is 18.2 Å². The lowest BCUT2D eigenvalue weighted by atomic mass is 9.98. The van der Waals surface area contributed by atoms with E-state index in [1.165, 1.54) is 17.0 Å². The number of fused-ring (bicyclic) bond motifs is 2. The Hall–Kier alpha value is -3.23. The van der Waals surface area contributed by atoms with Crippen molar-refractivity contribution in [2.75, 3.05) is 13.2 Å². The quantitative estimate of drug-likeness (QED) is 0.124. The van der Waals surface area contributed by atoms with Gasteiger partial charge in [-0.05, 0) is 101 Å². The van der Waals surface area contributed by atoms with E-state index >= 15 is 0 Å². The molecule has 2 aliphatic heterocycles. The number of hydrogen-bond acceptors (Lipinski definition) is 9. The number of allylic oxidation sites excluding steroid dienone is 2. The van der Waals surface area contributed by atoms with Gasteiger partial charge in [0.15, 0.2) is 0 Å². The zero-order chi connectivity index (χ0) is 36.6. The molecule has 12 nitrogen and oxygen atoms in total. The van der Waals surface area contributed by atoms with E-state index in [2.05, 4.69) is 33.1 Å². The van der Waals surface area contributed by atoms with Crippen LogP contribution in [0.15, 0.2) is 58.4 Å². The minimum absolute atomic E-state index is 0.0724. The van der Waals surface area contributed by atoms with Crippen LogP contribution in [0.1, 0.15) is 90.4 Å². The molecule has 2 N–H and O–H groups in total. The van der Waals surface area contributed by atoms with Crippen LogP contribution in [0, 0.1) is 11.8 Å². The summed E-state index contributed by atoms with van der Waals surface area (Å²) in [5, 5.41) is 5.68. The molecule has 14 heteroatoms. The summed E-state index contributed by atoms with van der Waals surface area (Å²) in [7, 11) is -4.26. The molecule has 5 rings (SSSR count). The molecule has 3 fully saturated rings. The van der Waals surface area contributed by atoms with Crippen LogP contribution in [0.5, 0.6) is 0 Å². The van der Waals surface area contributed by atoms with Crippen molar-refractivity contribution >= 4 is 49.9 Å². The smallest absolute Gasteiger partial charge is 0.408 e. The molecule has 7 atom stereocenters. The number of nitrogens with zero attached hydrogens (tertiary/aromatic N) is 1.